The minimum atomic E-state index is -4.97. The van der Waals surface area contributed by atoms with Gasteiger partial charge in [-0.1, -0.05) is 458 Å². The number of carbonyl (C=O) groups is 4. The Labute approximate surface area is 689 Å². The SMILES string of the molecule is CCCCCCCCCCCCCCCCCCCCCCCCC(=O)O[C@H](COC(=O)CCCCCCCCCCCCCCCCCCCCC)COP(=O)(O)OC[C@@H](O)COP(=O)(O)OC[C@@H](COC(=O)CCCCCCCCCCC(C)CC)OC(=O)CCCCCCCCCCCCCCCCCCCCC. The maximum absolute atomic E-state index is 13.2. The molecule has 0 aliphatic carbocycles. The number of aliphatic hydroxyl groups is 1. The van der Waals surface area contributed by atoms with Crippen LogP contribution in [0.4, 0.5) is 0 Å². The average Bonchev–Trinajstić information content (AvgIpc) is 0.896. The van der Waals surface area contributed by atoms with Gasteiger partial charge in [0.15, 0.2) is 12.2 Å². The van der Waals surface area contributed by atoms with Gasteiger partial charge in [-0.15, -0.1) is 0 Å². The van der Waals surface area contributed by atoms with E-state index in [-0.39, 0.29) is 25.7 Å². The summed E-state index contributed by atoms with van der Waals surface area (Å²) in [5.74, 6) is -1.31. The van der Waals surface area contributed by atoms with Gasteiger partial charge in [-0.25, -0.2) is 9.13 Å². The summed E-state index contributed by atoms with van der Waals surface area (Å²) in [4.78, 5) is 73.5. The molecule has 0 aromatic rings. The highest BCUT2D eigenvalue weighted by Gasteiger charge is 2.31. The lowest BCUT2D eigenvalue weighted by Crippen LogP contribution is -2.30. The summed E-state index contributed by atoms with van der Waals surface area (Å²) < 4.78 is 69.2. The van der Waals surface area contributed by atoms with Crippen LogP contribution in [-0.2, 0) is 65.4 Å². The first-order valence-corrected chi connectivity index (χ1v) is 51.2. The largest absolute Gasteiger partial charge is 0.472 e. The third-order valence-electron chi connectivity index (χ3n) is 22.4. The number of hydrogen-bond donors (Lipinski definition) is 3. The first kappa shape index (κ1) is 110. The molecular weight excluding hydrogens is 1450 g/mol. The van der Waals surface area contributed by atoms with E-state index < -0.39 is 97.5 Å². The van der Waals surface area contributed by atoms with Gasteiger partial charge in [0.2, 0.25) is 0 Å². The van der Waals surface area contributed by atoms with Crippen molar-refractivity contribution in [1.82, 2.24) is 0 Å². The molecule has 112 heavy (non-hydrogen) atoms. The Morgan fingerprint density at radius 3 is 0.634 bits per heavy atom. The lowest BCUT2D eigenvalue weighted by molar-refractivity contribution is -0.161. The molecule has 666 valence electrons. The van der Waals surface area contributed by atoms with E-state index in [2.05, 4.69) is 34.6 Å². The van der Waals surface area contributed by atoms with Crippen molar-refractivity contribution in [2.24, 2.45) is 5.92 Å². The highest BCUT2D eigenvalue weighted by Crippen LogP contribution is 2.45. The predicted molar refractivity (Wildman–Crippen MR) is 465 cm³/mol. The van der Waals surface area contributed by atoms with E-state index in [4.69, 9.17) is 37.0 Å². The number of rotatable bonds is 93. The third-order valence-corrected chi connectivity index (χ3v) is 24.3. The summed E-state index contributed by atoms with van der Waals surface area (Å²) in [5.41, 5.74) is 0. The molecular formula is C93H182O17P2. The summed E-state index contributed by atoms with van der Waals surface area (Å²) >= 11 is 0. The monoisotopic (exact) mass is 1630 g/mol. The molecule has 0 saturated carbocycles. The molecule has 0 saturated heterocycles. The lowest BCUT2D eigenvalue weighted by Gasteiger charge is -2.21. The number of phosphoric acid groups is 2. The molecule has 0 heterocycles. The van der Waals surface area contributed by atoms with Crippen LogP contribution in [0.2, 0.25) is 0 Å². The van der Waals surface area contributed by atoms with Crippen molar-refractivity contribution in [3.05, 3.63) is 0 Å². The van der Waals surface area contributed by atoms with Crippen LogP contribution in [0.5, 0.6) is 0 Å². The van der Waals surface area contributed by atoms with Gasteiger partial charge in [-0.3, -0.25) is 37.3 Å². The Kier molecular flexibility index (Phi) is 84.0. The number of unbranched alkanes of at least 4 members (excludes halogenated alkanes) is 64. The summed E-state index contributed by atoms with van der Waals surface area (Å²) in [6, 6.07) is 0. The van der Waals surface area contributed by atoms with Crippen molar-refractivity contribution in [3.63, 3.8) is 0 Å². The van der Waals surface area contributed by atoms with Crippen molar-refractivity contribution in [1.29, 1.82) is 0 Å². The summed E-state index contributed by atoms with van der Waals surface area (Å²) in [6.45, 7) is 7.41. The van der Waals surface area contributed by atoms with Crippen LogP contribution < -0.4 is 0 Å². The Morgan fingerprint density at radius 1 is 0.250 bits per heavy atom. The van der Waals surface area contributed by atoms with Crippen LogP contribution in [0.15, 0.2) is 0 Å². The van der Waals surface area contributed by atoms with E-state index in [0.717, 1.165) is 95.8 Å². The van der Waals surface area contributed by atoms with Gasteiger partial charge in [0.05, 0.1) is 26.4 Å². The van der Waals surface area contributed by atoms with E-state index in [9.17, 15) is 43.2 Å². The first-order chi connectivity index (χ1) is 54.6. The molecule has 19 heteroatoms. The molecule has 17 nitrogen and oxygen atoms in total. The summed E-state index contributed by atoms with van der Waals surface area (Å²) in [7, 11) is -9.94. The molecule has 0 spiro atoms. The van der Waals surface area contributed by atoms with Crippen LogP contribution in [0.1, 0.15) is 510 Å². The smallest absolute Gasteiger partial charge is 0.462 e. The number of esters is 4. The zero-order valence-corrected chi connectivity index (χ0v) is 75.6. The van der Waals surface area contributed by atoms with Gasteiger partial charge < -0.3 is 33.8 Å². The fraction of sp³-hybridized carbons (Fsp3) is 0.957. The Bertz CT molecular complexity index is 2120. The highest BCUT2D eigenvalue weighted by atomic mass is 31.2. The summed E-state index contributed by atoms with van der Waals surface area (Å²) in [5, 5.41) is 10.7. The molecule has 0 fully saturated rings. The standard InChI is InChI=1S/C93H182O17P2/c1-6-10-13-16-19-22-25-28-31-34-37-38-39-42-45-48-51-54-57-64-69-73-78-92(97)109-88(82-103-90(95)76-71-66-61-55-52-49-46-43-40-35-32-29-26-23-20-17-14-11-7-2)84-107-111(99,100)105-80-87(94)81-106-112(101,102)108-85-89(83-104-91(96)77-72-67-62-59-58-60-65-70-75-86(5)9-4)110-93(98)79-74-68-63-56-53-50-47-44-41-36-33-30-27-24-21-18-15-12-8-3/h86-89,94H,6-85H2,1-5H3,(H,99,100)(H,101,102)/t86?,87-,88-,89-/m1/s1. The normalized spacial score (nSPS) is 13.9. The topological polar surface area (TPSA) is 237 Å². The lowest BCUT2D eigenvalue weighted by atomic mass is 9.99. The van der Waals surface area contributed by atoms with Gasteiger partial charge in [-0.2, -0.15) is 0 Å². The molecule has 0 bridgehead atoms. The van der Waals surface area contributed by atoms with Crippen molar-refractivity contribution in [3.8, 4) is 0 Å². The van der Waals surface area contributed by atoms with E-state index in [1.54, 1.807) is 0 Å². The molecule has 0 amide bonds. The highest BCUT2D eigenvalue weighted by molar-refractivity contribution is 7.47. The molecule has 0 rings (SSSR count). The second kappa shape index (κ2) is 85.5. The fourth-order valence-electron chi connectivity index (χ4n) is 14.7. The van der Waals surface area contributed by atoms with Crippen LogP contribution in [0.3, 0.4) is 0 Å². The summed E-state index contributed by atoms with van der Waals surface area (Å²) in [6.07, 6.45) is 82.1. The maximum atomic E-state index is 13.2. The first-order valence-electron chi connectivity index (χ1n) is 48.2. The molecule has 0 aromatic carbocycles. The molecule has 0 radical (unpaired) electrons. The number of aliphatic hydroxyl groups excluding tert-OH is 1. The zero-order valence-electron chi connectivity index (χ0n) is 73.8. The van der Waals surface area contributed by atoms with E-state index >= 15 is 0 Å². The minimum Gasteiger partial charge on any atom is -0.462 e. The van der Waals surface area contributed by atoms with Gasteiger partial charge in [0.1, 0.15) is 19.3 Å². The number of hydrogen-bond acceptors (Lipinski definition) is 15. The second-order valence-corrected chi connectivity index (χ2v) is 36.6. The third kappa shape index (κ3) is 84.5. The van der Waals surface area contributed by atoms with Gasteiger partial charge >= 0.3 is 39.5 Å². The molecule has 0 aromatic heterocycles. The molecule has 3 unspecified atom stereocenters. The number of ether oxygens (including phenoxy) is 4. The van der Waals surface area contributed by atoms with E-state index in [0.29, 0.717) is 25.7 Å². The van der Waals surface area contributed by atoms with Gasteiger partial charge in [0, 0.05) is 25.7 Å². The van der Waals surface area contributed by atoms with Crippen LogP contribution in [-0.4, -0.2) is 96.7 Å². The Balaban J connectivity index is 5.24. The average molecular weight is 1630 g/mol. The van der Waals surface area contributed by atoms with Crippen molar-refractivity contribution in [2.75, 3.05) is 39.6 Å². The Hall–Kier alpha value is -1.94. The fourth-order valence-corrected chi connectivity index (χ4v) is 16.3. The molecule has 0 aliphatic heterocycles. The van der Waals surface area contributed by atoms with Crippen molar-refractivity contribution in [2.45, 2.75) is 528 Å². The van der Waals surface area contributed by atoms with Crippen LogP contribution >= 0.6 is 15.6 Å². The molecule has 3 N–H and O–H groups in total. The quantitative estimate of drug-likeness (QED) is 0.0222. The van der Waals surface area contributed by atoms with Gasteiger partial charge in [0.25, 0.3) is 0 Å². The van der Waals surface area contributed by atoms with Crippen LogP contribution in [0, 0.1) is 5.92 Å². The Morgan fingerprint density at radius 2 is 0.429 bits per heavy atom. The minimum absolute atomic E-state index is 0.109. The number of phosphoric ester groups is 2. The molecule has 6 atom stereocenters. The molecule has 0 aliphatic rings. The van der Waals surface area contributed by atoms with Crippen molar-refractivity contribution >= 4 is 39.5 Å². The second-order valence-electron chi connectivity index (χ2n) is 33.6. The van der Waals surface area contributed by atoms with Crippen molar-refractivity contribution < 1.29 is 80.2 Å². The predicted octanol–water partition coefficient (Wildman–Crippen LogP) is 29.1. The van der Waals surface area contributed by atoms with Crippen LogP contribution in [0.25, 0.3) is 0 Å². The zero-order chi connectivity index (χ0) is 81.8. The maximum Gasteiger partial charge on any atom is 0.472 e. The van der Waals surface area contributed by atoms with Gasteiger partial charge in [-0.05, 0) is 31.6 Å². The van der Waals surface area contributed by atoms with E-state index in [1.165, 1.54) is 334 Å². The number of carbonyl (C=O) groups excluding carboxylic acids is 4. The van der Waals surface area contributed by atoms with E-state index in [1.807, 2.05) is 0 Å².